The maximum Gasteiger partial charge on any atom is 0.338 e. The first-order chi connectivity index (χ1) is 12.5. The highest BCUT2D eigenvalue weighted by molar-refractivity contribution is 5.89. The second-order valence-corrected chi connectivity index (χ2v) is 6.97. The monoisotopic (exact) mass is 359 g/mol. The maximum atomic E-state index is 12.3. The van der Waals surface area contributed by atoms with Crippen molar-refractivity contribution < 1.29 is 18.8 Å². The van der Waals surface area contributed by atoms with Crippen LogP contribution in [0.5, 0.6) is 0 Å². The smallest absolute Gasteiger partial charge is 0.338 e. The summed E-state index contributed by atoms with van der Waals surface area (Å²) in [5.41, 5.74) is 1.25. The van der Waals surface area contributed by atoms with E-state index in [9.17, 15) is 4.79 Å². The third kappa shape index (κ3) is 4.89. The average Bonchev–Trinajstić information content (AvgIpc) is 3.06. The number of esters is 1. The van der Waals surface area contributed by atoms with Gasteiger partial charge in [0, 0.05) is 25.2 Å². The first kappa shape index (κ1) is 18.5. The number of aryl methyl sites for hydroxylation is 1. The van der Waals surface area contributed by atoms with Crippen LogP contribution in [0, 0.1) is 12.8 Å². The number of hydrogen-bond donors (Lipinski definition) is 0. The summed E-state index contributed by atoms with van der Waals surface area (Å²) in [5.74, 6) is 1.26. The molecule has 1 atom stereocenters. The number of rotatable bonds is 6. The van der Waals surface area contributed by atoms with Crippen molar-refractivity contribution in [3.63, 3.8) is 0 Å². The third-order valence-corrected chi connectivity index (χ3v) is 4.14. The third-order valence-electron chi connectivity index (χ3n) is 4.14. The number of carbonyl (C=O) groups excluding carboxylic acids is 1. The summed E-state index contributed by atoms with van der Waals surface area (Å²) in [4.78, 5) is 18.8. The molecule has 3 rings (SSSR count). The van der Waals surface area contributed by atoms with E-state index in [2.05, 4.69) is 28.9 Å². The Hall–Kier alpha value is -2.25. The maximum absolute atomic E-state index is 12.3. The molecule has 0 saturated carbocycles. The Bertz CT molecular complexity index is 727. The number of nitrogens with zero attached hydrogens (tertiary/aromatic N) is 3. The number of carbonyl (C=O) groups is 1. The van der Waals surface area contributed by atoms with E-state index in [1.54, 1.807) is 31.2 Å². The summed E-state index contributed by atoms with van der Waals surface area (Å²) in [7, 11) is 0. The Kier molecular flexibility index (Phi) is 6.00. The van der Waals surface area contributed by atoms with E-state index in [1.165, 1.54) is 0 Å². The van der Waals surface area contributed by atoms with E-state index < -0.39 is 0 Å². The van der Waals surface area contributed by atoms with E-state index in [1.807, 2.05) is 0 Å². The molecule has 0 spiro atoms. The minimum atomic E-state index is -0.358. The van der Waals surface area contributed by atoms with Gasteiger partial charge in [-0.3, -0.25) is 4.90 Å². The van der Waals surface area contributed by atoms with Gasteiger partial charge in [0.05, 0.1) is 12.2 Å². The normalized spacial score (nSPS) is 18.2. The van der Waals surface area contributed by atoms with E-state index >= 15 is 0 Å². The summed E-state index contributed by atoms with van der Waals surface area (Å²) < 4.78 is 16.3. The fourth-order valence-corrected chi connectivity index (χ4v) is 2.98. The lowest BCUT2D eigenvalue weighted by atomic mass is 10.1. The Morgan fingerprint density at radius 2 is 2.12 bits per heavy atom. The number of hydrogen-bond acceptors (Lipinski definition) is 7. The van der Waals surface area contributed by atoms with Crippen molar-refractivity contribution in [2.24, 2.45) is 5.92 Å². The molecule has 1 aliphatic heterocycles. The van der Waals surface area contributed by atoms with Crippen molar-refractivity contribution >= 4 is 5.97 Å². The zero-order chi connectivity index (χ0) is 18.5. The van der Waals surface area contributed by atoms with Gasteiger partial charge in [-0.25, -0.2) is 4.79 Å². The second kappa shape index (κ2) is 8.42. The predicted molar refractivity (Wildman–Crippen MR) is 95.8 cm³/mol. The first-order valence-electron chi connectivity index (χ1n) is 8.93. The van der Waals surface area contributed by atoms with Crippen LogP contribution in [0.15, 0.2) is 28.8 Å². The molecule has 1 saturated heterocycles. The number of benzene rings is 1. The molecule has 1 aliphatic rings. The predicted octanol–water partition coefficient (Wildman–Crippen LogP) is 2.56. The van der Waals surface area contributed by atoms with Crippen molar-refractivity contribution in [2.45, 2.75) is 26.9 Å². The Balaban J connectivity index is 1.52. The van der Waals surface area contributed by atoms with Gasteiger partial charge in [0.25, 0.3) is 5.89 Å². The van der Waals surface area contributed by atoms with Crippen molar-refractivity contribution in [3.8, 4) is 11.5 Å². The summed E-state index contributed by atoms with van der Waals surface area (Å²) in [6.45, 7) is 9.84. The highest BCUT2D eigenvalue weighted by Gasteiger charge is 2.22. The molecule has 1 fully saturated rings. The minimum Gasteiger partial charge on any atom is -0.459 e. The minimum absolute atomic E-state index is 0.0768. The molecule has 7 nitrogen and oxygen atoms in total. The van der Waals surface area contributed by atoms with Gasteiger partial charge in [-0.1, -0.05) is 19.0 Å². The van der Waals surface area contributed by atoms with Crippen molar-refractivity contribution in [1.29, 1.82) is 0 Å². The van der Waals surface area contributed by atoms with E-state index in [0.29, 0.717) is 29.8 Å². The molecule has 1 aromatic heterocycles. The molecule has 1 unspecified atom stereocenters. The molecular weight excluding hydrogens is 334 g/mol. The summed E-state index contributed by atoms with van der Waals surface area (Å²) in [6, 6.07) is 6.93. The summed E-state index contributed by atoms with van der Waals surface area (Å²) >= 11 is 0. The standard InChI is InChI=1S/C19H25N3O4/c1-13(2)10-22-8-9-24-17(11-22)12-25-19(23)16-6-4-15(5-7-16)18-20-14(3)21-26-18/h4-7,13,17H,8-12H2,1-3H3. The lowest BCUT2D eigenvalue weighted by molar-refractivity contribution is -0.0612. The van der Waals surface area contributed by atoms with E-state index in [4.69, 9.17) is 14.0 Å². The molecular formula is C19H25N3O4. The average molecular weight is 359 g/mol. The van der Waals surface area contributed by atoms with Gasteiger partial charge in [0.2, 0.25) is 0 Å². The van der Waals surface area contributed by atoms with Gasteiger partial charge in [0.1, 0.15) is 12.7 Å². The molecule has 1 aromatic carbocycles. The largest absolute Gasteiger partial charge is 0.459 e. The molecule has 0 radical (unpaired) electrons. The molecule has 0 amide bonds. The van der Waals surface area contributed by atoms with Gasteiger partial charge in [-0.05, 0) is 37.1 Å². The van der Waals surface area contributed by atoms with Crippen molar-refractivity contribution in [1.82, 2.24) is 15.0 Å². The van der Waals surface area contributed by atoms with Gasteiger partial charge >= 0.3 is 5.97 Å². The van der Waals surface area contributed by atoms with Gasteiger partial charge in [-0.15, -0.1) is 0 Å². The quantitative estimate of drug-likeness (QED) is 0.734. The lowest BCUT2D eigenvalue weighted by Gasteiger charge is -2.33. The lowest BCUT2D eigenvalue weighted by Crippen LogP contribution is -2.45. The van der Waals surface area contributed by atoms with Crippen LogP contribution in [0.4, 0.5) is 0 Å². The van der Waals surface area contributed by atoms with Gasteiger partial charge in [0.15, 0.2) is 5.82 Å². The fourth-order valence-electron chi connectivity index (χ4n) is 2.98. The van der Waals surface area contributed by atoms with Crippen LogP contribution in [0.2, 0.25) is 0 Å². The number of morpholine rings is 1. The van der Waals surface area contributed by atoms with Crippen molar-refractivity contribution in [2.75, 3.05) is 32.8 Å². The highest BCUT2D eigenvalue weighted by Crippen LogP contribution is 2.18. The van der Waals surface area contributed by atoms with Crippen LogP contribution < -0.4 is 0 Å². The van der Waals surface area contributed by atoms with Crippen LogP contribution in [0.25, 0.3) is 11.5 Å². The second-order valence-electron chi connectivity index (χ2n) is 6.97. The molecule has 140 valence electrons. The first-order valence-corrected chi connectivity index (χ1v) is 8.93. The van der Waals surface area contributed by atoms with Crippen LogP contribution in [-0.2, 0) is 9.47 Å². The van der Waals surface area contributed by atoms with Gasteiger partial charge in [-0.2, -0.15) is 4.98 Å². The molecule has 0 aliphatic carbocycles. The van der Waals surface area contributed by atoms with E-state index in [-0.39, 0.29) is 18.7 Å². The molecule has 26 heavy (non-hydrogen) atoms. The number of aromatic nitrogens is 2. The van der Waals surface area contributed by atoms with Gasteiger partial charge < -0.3 is 14.0 Å². The zero-order valence-corrected chi connectivity index (χ0v) is 15.5. The van der Waals surface area contributed by atoms with Crippen LogP contribution in [-0.4, -0.2) is 60.0 Å². The zero-order valence-electron chi connectivity index (χ0n) is 15.5. The van der Waals surface area contributed by atoms with Crippen LogP contribution in [0.3, 0.4) is 0 Å². The van der Waals surface area contributed by atoms with Crippen molar-refractivity contribution in [3.05, 3.63) is 35.7 Å². The summed E-state index contributed by atoms with van der Waals surface area (Å²) in [5, 5.41) is 3.76. The number of ether oxygens (including phenoxy) is 2. The Morgan fingerprint density at radius 1 is 1.35 bits per heavy atom. The Labute approximate surface area is 153 Å². The van der Waals surface area contributed by atoms with E-state index in [0.717, 1.165) is 25.2 Å². The Morgan fingerprint density at radius 3 is 2.77 bits per heavy atom. The molecule has 2 heterocycles. The molecule has 0 bridgehead atoms. The van der Waals surface area contributed by atoms with Crippen LogP contribution >= 0.6 is 0 Å². The van der Waals surface area contributed by atoms with Crippen LogP contribution in [0.1, 0.15) is 30.0 Å². The highest BCUT2D eigenvalue weighted by atomic mass is 16.6. The molecule has 0 N–H and O–H groups in total. The topological polar surface area (TPSA) is 77.7 Å². The summed E-state index contributed by atoms with van der Waals surface area (Å²) in [6.07, 6.45) is -0.0768. The SMILES string of the molecule is Cc1noc(-c2ccc(C(=O)OCC3CN(CC(C)C)CCO3)cc2)n1. The molecule has 2 aromatic rings. The molecule has 7 heteroatoms. The fraction of sp³-hybridized carbons (Fsp3) is 0.526.